The number of nitrogens with zero attached hydrogens (tertiary/aromatic N) is 4. The maximum Gasteiger partial charge on any atom is 0.410 e. The molecule has 0 bridgehead atoms. The standard InChI is InChI=1S/C35H42N4O5/c1-24-29-30(36-39(24)26-14-19-38(34(22-26)15-16-34)32(41)44-33(2,3)4)27-12-8-9-13-28(27)43-35(29)17-20-37(21-18-35)31(40)42-23-25-10-6-5-7-11-25/h5-13,26H,14-23H2,1-4H3. The maximum atomic E-state index is 13.1. The van der Waals surface area contributed by atoms with Gasteiger partial charge in [0.15, 0.2) is 0 Å². The summed E-state index contributed by atoms with van der Waals surface area (Å²) in [5, 5.41) is 5.30. The van der Waals surface area contributed by atoms with Crippen LogP contribution in [0, 0.1) is 6.92 Å². The Morgan fingerprint density at radius 2 is 1.66 bits per heavy atom. The van der Waals surface area contributed by atoms with Crippen molar-refractivity contribution in [1.82, 2.24) is 19.6 Å². The molecule has 1 unspecified atom stereocenters. The largest absolute Gasteiger partial charge is 0.482 e. The number of piperidine rings is 2. The maximum absolute atomic E-state index is 13.1. The summed E-state index contributed by atoms with van der Waals surface area (Å²) >= 11 is 0. The molecule has 3 aliphatic heterocycles. The zero-order valence-electron chi connectivity index (χ0n) is 26.2. The van der Waals surface area contributed by atoms with Gasteiger partial charge in [0.2, 0.25) is 0 Å². The van der Waals surface area contributed by atoms with Crippen molar-refractivity contribution in [3.8, 4) is 17.0 Å². The number of fused-ring (bicyclic) bond motifs is 4. The van der Waals surface area contributed by atoms with E-state index in [0.29, 0.717) is 32.5 Å². The summed E-state index contributed by atoms with van der Waals surface area (Å²) < 4.78 is 20.5. The van der Waals surface area contributed by atoms with Gasteiger partial charge in [0.1, 0.15) is 29.3 Å². The van der Waals surface area contributed by atoms with Crippen molar-refractivity contribution >= 4 is 12.2 Å². The smallest absolute Gasteiger partial charge is 0.410 e. The molecular weight excluding hydrogens is 556 g/mol. The Bertz CT molecular complexity index is 1560. The van der Waals surface area contributed by atoms with E-state index in [9.17, 15) is 9.59 Å². The first kappa shape index (κ1) is 28.7. The highest BCUT2D eigenvalue weighted by Crippen LogP contribution is 2.54. The van der Waals surface area contributed by atoms with Crippen LogP contribution in [0.1, 0.15) is 82.2 Å². The number of rotatable bonds is 3. The van der Waals surface area contributed by atoms with E-state index in [-0.39, 0.29) is 30.4 Å². The van der Waals surface area contributed by atoms with E-state index in [1.165, 1.54) is 0 Å². The summed E-state index contributed by atoms with van der Waals surface area (Å²) in [6, 6.07) is 18.1. The molecule has 2 spiro atoms. The van der Waals surface area contributed by atoms with Gasteiger partial charge < -0.3 is 24.0 Å². The van der Waals surface area contributed by atoms with Crippen LogP contribution in [0.25, 0.3) is 11.3 Å². The number of hydrogen-bond acceptors (Lipinski definition) is 6. The fourth-order valence-corrected chi connectivity index (χ4v) is 7.43. The minimum Gasteiger partial charge on any atom is -0.482 e. The molecule has 3 fully saturated rings. The van der Waals surface area contributed by atoms with E-state index in [4.69, 9.17) is 19.3 Å². The zero-order chi connectivity index (χ0) is 30.7. The van der Waals surface area contributed by atoms with Crippen molar-refractivity contribution < 1.29 is 23.8 Å². The van der Waals surface area contributed by atoms with Crippen molar-refractivity contribution in [2.24, 2.45) is 0 Å². The molecule has 3 aromatic rings. The minimum atomic E-state index is -0.573. The Morgan fingerprint density at radius 1 is 0.955 bits per heavy atom. The average Bonchev–Trinajstić information content (AvgIpc) is 3.66. The second-order valence-electron chi connectivity index (χ2n) is 13.9. The number of benzene rings is 2. The van der Waals surface area contributed by atoms with Crippen LogP contribution >= 0.6 is 0 Å². The van der Waals surface area contributed by atoms with Gasteiger partial charge in [-0.25, -0.2) is 9.59 Å². The number of hydrogen-bond donors (Lipinski definition) is 0. The first-order valence-corrected chi connectivity index (χ1v) is 15.9. The third-order valence-corrected chi connectivity index (χ3v) is 9.75. The minimum absolute atomic E-state index is 0.151. The number of amides is 2. The first-order valence-electron chi connectivity index (χ1n) is 15.9. The summed E-state index contributed by atoms with van der Waals surface area (Å²) in [4.78, 5) is 29.9. The molecule has 44 heavy (non-hydrogen) atoms. The number of aromatic nitrogens is 2. The number of carbonyl (C=O) groups excluding carboxylic acids is 2. The fraction of sp³-hybridized carbons (Fsp3) is 0.514. The van der Waals surface area contributed by atoms with Crippen LogP contribution in [0.2, 0.25) is 0 Å². The lowest BCUT2D eigenvalue weighted by molar-refractivity contribution is -0.00707. The number of carbonyl (C=O) groups is 2. The van der Waals surface area contributed by atoms with Crippen LogP contribution in [-0.4, -0.2) is 62.5 Å². The van der Waals surface area contributed by atoms with Gasteiger partial charge in [0, 0.05) is 54.8 Å². The second kappa shape index (κ2) is 10.6. The van der Waals surface area contributed by atoms with Crippen LogP contribution in [0.3, 0.4) is 0 Å². The summed E-state index contributed by atoms with van der Waals surface area (Å²) in [6.45, 7) is 9.91. The highest BCUT2D eigenvalue weighted by molar-refractivity contribution is 5.75. The lowest BCUT2D eigenvalue weighted by Gasteiger charge is -2.44. The zero-order valence-corrected chi connectivity index (χ0v) is 26.2. The van der Waals surface area contributed by atoms with Crippen LogP contribution in [0.15, 0.2) is 54.6 Å². The second-order valence-corrected chi connectivity index (χ2v) is 13.9. The number of likely N-dealkylation sites (tertiary alicyclic amines) is 2. The predicted molar refractivity (Wildman–Crippen MR) is 165 cm³/mol. The fourth-order valence-electron chi connectivity index (χ4n) is 7.43. The Kier molecular flexibility index (Phi) is 6.90. The Balaban J connectivity index is 1.13. The van der Waals surface area contributed by atoms with Crippen molar-refractivity contribution in [1.29, 1.82) is 0 Å². The average molecular weight is 599 g/mol. The SMILES string of the molecule is Cc1c2c(nn1C1CCN(C(=O)OC(C)(C)C)C3(CC3)C1)-c1ccccc1OC21CCN(C(=O)OCc2ccccc2)CC1. The number of ether oxygens (including phenoxy) is 3. The van der Waals surface area contributed by atoms with Gasteiger partial charge in [-0.1, -0.05) is 42.5 Å². The lowest BCUT2D eigenvalue weighted by atomic mass is 9.79. The van der Waals surface area contributed by atoms with Gasteiger partial charge in [-0.3, -0.25) is 4.68 Å². The summed E-state index contributed by atoms with van der Waals surface area (Å²) in [6.07, 6.45) is 4.48. The van der Waals surface area contributed by atoms with Gasteiger partial charge in [-0.05, 0) is 71.1 Å². The molecule has 2 amide bonds. The molecule has 1 aromatic heterocycles. The van der Waals surface area contributed by atoms with Crippen molar-refractivity contribution in [2.45, 2.75) is 95.6 Å². The monoisotopic (exact) mass is 598 g/mol. The molecule has 9 nitrogen and oxygen atoms in total. The highest BCUT2D eigenvalue weighted by Gasteiger charge is 2.56. The summed E-state index contributed by atoms with van der Waals surface area (Å²) in [5.74, 6) is 0.836. The summed E-state index contributed by atoms with van der Waals surface area (Å²) in [5.41, 5.74) is 3.96. The quantitative estimate of drug-likeness (QED) is 0.323. The third kappa shape index (κ3) is 5.10. The van der Waals surface area contributed by atoms with E-state index in [2.05, 4.69) is 17.7 Å². The topological polar surface area (TPSA) is 86.1 Å². The van der Waals surface area contributed by atoms with E-state index in [1.54, 1.807) is 4.90 Å². The van der Waals surface area contributed by atoms with Crippen molar-refractivity contribution in [3.05, 3.63) is 71.4 Å². The van der Waals surface area contributed by atoms with Crippen LogP contribution in [-0.2, 0) is 21.7 Å². The predicted octanol–water partition coefficient (Wildman–Crippen LogP) is 6.98. The molecule has 4 aliphatic rings. The lowest BCUT2D eigenvalue weighted by Crippen LogP contribution is -2.50. The number of para-hydroxylation sites is 1. The van der Waals surface area contributed by atoms with E-state index in [0.717, 1.165) is 59.5 Å². The van der Waals surface area contributed by atoms with E-state index >= 15 is 0 Å². The molecule has 0 radical (unpaired) electrons. The molecule has 1 saturated carbocycles. The van der Waals surface area contributed by atoms with Crippen molar-refractivity contribution in [3.63, 3.8) is 0 Å². The molecule has 232 valence electrons. The molecule has 1 atom stereocenters. The molecule has 2 aromatic carbocycles. The highest BCUT2D eigenvalue weighted by atomic mass is 16.6. The van der Waals surface area contributed by atoms with Crippen LogP contribution < -0.4 is 4.74 Å². The first-order chi connectivity index (χ1) is 21.1. The van der Waals surface area contributed by atoms with Gasteiger partial charge in [-0.15, -0.1) is 0 Å². The van der Waals surface area contributed by atoms with E-state index in [1.807, 2.05) is 74.2 Å². The Labute approximate surface area is 259 Å². The van der Waals surface area contributed by atoms with Gasteiger partial charge in [0.25, 0.3) is 0 Å². The normalized spacial score (nSPS) is 21.3. The van der Waals surface area contributed by atoms with Gasteiger partial charge in [0.05, 0.1) is 6.04 Å². The summed E-state index contributed by atoms with van der Waals surface area (Å²) in [7, 11) is 0. The van der Waals surface area contributed by atoms with Crippen LogP contribution in [0.4, 0.5) is 9.59 Å². The molecule has 1 aliphatic carbocycles. The molecule has 9 heteroatoms. The molecule has 4 heterocycles. The molecular formula is C35H42N4O5. The third-order valence-electron chi connectivity index (χ3n) is 9.75. The van der Waals surface area contributed by atoms with Gasteiger partial charge in [-0.2, -0.15) is 5.10 Å². The molecule has 2 saturated heterocycles. The van der Waals surface area contributed by atoms with Crippen molar-refractivity contribution in [2.75, 3.05) is 19.6 Å². The van der Waals surface area contributed by atoms with Crippen LogP contribution in [0.5, 0.6) is 5.75 Å². The Morgan fingerprint density at radius 3 is 2.36 bits per heavy atom. The van der Waals surface area contributed by atoms with Gasteiger partial charge >= 0.3 is 12.2 Å². The van der Waals surface area contributed by atoms with E-state index < -0.39 is 11.2 Å². The molecule has 0 N–H and O–H groups in total. The Hall–Kier alpha value is -4.01. The molecule has 7 rings (SSSR count).